The molecule has 2 heterocycles. The number of morpholine rings is 1. The van der Waals surface area contributed by atoms with Gasteiger partial charge in [-0.1, -0.05) is 25.5 Å². The Morgan fingerprint density at radius 3 is 2.38 bits per heavy atom. The van der Waals surface area contributed by atoms with E-state index in [1.54, 1.807) is 23.5 Å². The molecule has 1 aliphatic rings. The Morgan fingerprint density at radius 1 is 1.03 bits per heavy atom. The van der Waals surface area contributed by atoms with Crippen LogP contribution in [0.1, 0.15) is 26.7 Å². The number of sulfonamides is 1. The van der Waals surface area contributed by atoms with Gasteiger partial charge in [-0.15, -0.1) is 11.3 Å². The molecule has 1 aromatic heterocycles. The molecule has 2 aromatic carbocycles. The predicted octanol–water partition coefficient (Wildman–Crippen LogP) is 4.67. The maximum Gasteiger partial charge on any atom is 0.243 e. The van der Waals surface area contributed by atoms with Gasteiger partial charge in [-0.25, -0.2) is 13.4 Å². The van der Waals surface area contributed by atoms with Gasteiger partial charge in [0, 0.05) is 25.0 Å². The fourth-order valence-corrected chi connectivity index (χ4v) is 6.17. The third-order valence-corrected chi connectivity index (χ3v) is 8.44. The lowest BCUT2D eigenvalue weighted by molar-refractivity contribution is 0.0730. The predicted molar refractivity (Wildman–Crippen MR) is 135 cm³/mol. The SMILES string of the molecule is CCCCn1c(-c2ccc(S(=O)(=O)N3CCOCC3)cc2)csc1=Nc1ccc(OCC)cc1. The lowest BCUT2D eigenvalue weighted by Crippen LogP contribution is -2.40. The Morgan fingerprint density at radius 2 is 1.74 bits per heavy atom. The van der Waals surface area contributed by atoms with Crippen LogP contribution in [0.3, 0.4) is 0 Å². The van der Waals surface area contributed by atoms with Crippen molar-refractivity contribution in [1.29, 1.82) is 0 Å². The van der Waals surface area contributed by atoms with Crippen molar-refractivity contribution in [2.45, 2.75) is 38.1 Å². The molecule has 1 fully saturated rings. The lowest BCUT2D eigenvalue weighted by atomic mass is 10.1. The van der Waals surface area contributed by atoms with Gasteiger partial charge >= 0.3 is 0 Å². The van der Waals surface area contributed by atoms with Crippen LogP contribution in [0.4, 0.5) is 5.69 Å². The molecule has 0 saturated carbocycles. The van der Waals surface area contributed by atoms with Crippen molar-refractivity contribution in [1.82, 2.24) is 8.87 Å². The van der Waals surface area contributed by atoms with Gasteiger partial charge < -0.3 is 14.0 Å². The molecule has 1 aliphatic heterocycles. The van der Waals surface area contributed by atoms with Crippen LogP contribution in [-0.4, -0.2) is 50.2 Å². The minimum Gasteiger partial charge on any atom is -0.494 e. The third kappa shape index (κ3) is 5.60. The maximum absolute atomic E-state index is 13.0. The highest BCUT2D eigenvalue weighted by atomic mass is 32.2. The summed E-state index contributed by atoms with van der Waals surface area (Å²) >= 11 is 1.59. The topological polar surface area (TPSA) is 73.1 Å². The summed E-state index contributed by atoms with van der Waals surface area (Å²) in [6.45, 7) is 7.26. The van der Waals surface area contributed by atoms with Crippen molar-refractivity contribution in [3.05, 3.63) is 58.7 Å². The van der Waals surface area contributed by atoms with Gasteiger partial charge in [-0.2, -0.15) is 4.31 Å². The van der Waals surface area contributed by atoms with Crippen LogP contribution in [0, 0.1) is 0 Å². The summed E-state index contributed by atoms with van der Waals surface area (Å²) in [5.41, 5.74) is 2.88. The van der Waals surface area contributed by atoms with Crippen LogP contribution in [0.5, 0.6) is 5.75 Å². The Bertz CT molecular complexity index is 1240. The number of unbranched alkanes of at least 4 members (excludes halogenated alkanes) is 1. The number of rotatable bonds is 9. The van der Waals surface area contributed by atoms with E-state index in [1.165, 1.54) is 4.31 Å². The number of benzene rings is 2. The average Bonchev–Trinajstić information content (AvgIpc) is 3.26. The number of aromatic nitrogens is 1. The lowest BCUT2D eigenvalue weighted by Gasteiger charge is -2.26. The molecular formula is C25H31N3O4S2. The van der Waals surface area contributed by atoms with E-state index < -0.39 is 10.0 Å². The fourth-order valence-electron chi connectivity index (χ4n) is 3.81. The number of hydrogen-bond donors (Lipinski definition) is 0. The summed E-state index contributed by atoms with van der Waals surface area (Å²) in [6, 6.07) is 15.0. The van der Waals surface area contributed by atoms with Crippen molar-refractivity contribution >= 4 is 27.0 Å². The van der Waals surface area contributed by atoms with Crippen molar-refractivity contribution in [2.24, 2.45) is 4.99 Å². The van der Waals surface area contributed by atoms with Crippen molar-refractivity contribution in [3.63, 3.8) is 0 Å². The van der Waals surface area contributed by atoms with Crippen molar-refractivity contribution < 1.29 is 17.9 Å². The van der Waals surface area contributed by atoms with E-state index in [9.17, 15) is 8.42 Å². The third-order valence-electron chi connectivity index (χ3n) is 5.66. The summed E-state index contributed by atoms with van der Waals surface area (Å²) in [5, 5.41) is 2.09. The van der Waals surface area contributed by atoms with E-state index in [2.05, 4.69) is 16.9 Å². The van der Waals surface area contributed by atoms with Crippen molar-refractivity contribution in [2.75, 3.05) is 32.9 Å². The summed E-state index contributed by atoms with van der Waals surface area (Å²) < 4.78 is 40.4. The number of nitrogens with zero attached hydrogens (tertiary/aromatic N) is 3. The van der Waals surface area contributed by atoms with Crippen LogP contribution >= 0.6 is 11.3 Å². The van der Waals surface area contributed by atoms with Gasteiger partial charge in [0.15, 0.2) is 4.80 Å². The van der Waals surface area contributed by atoms with Gasteiger partial charge in [0.2, 0.25) is 10.0 Å². The van der Waals surface area contributed by atoms with Crippen molar-refractivity contribution in [3.8, 4) is 17.0 Å². The molecule has 0 atom stereocenters. The van der Waals surface area contributed by atoms with Gasteiger partial charge in [-0.3, -0.25) is 0 Å². The van der Waals surface area contributed by atoms with Gasteiger partial charge in [0.05, 0.1) is 36.1 Å². The second-order valence-corrected chi connectivity index (χ2v) is 10.8. The largest absolute Gasteiger partial charge is 0.494 e. The van der Waals surface area contributed by atoms with Crippen LogP contribution in [-0.2, 0) is 21.3 Å². The number of ether oxygens (including phenoxy) is 2. The quantitative estimate of drug-likeness (QED) is 0.427. The highest BCUT2D eigenvalue weighted by Crippen LogP contribution is 2.25. The summed E-state index contributed by atoms with van der Waals surface area (Å²) in [6.07, 6.45) is 2.10. The second-order valence-electron chi connectivity index (χ2n) is 7.99. The van der Waals surface area contributed by atoms with Crippen LogP contribution in [0.25, 0.3) is 11.3 Å². The zero-order chi connectivity index (χ0) is 24.0. The van der Waals surface area contributed by atoms with Gasteiger partial charge in [0.1, 0.15) is 5.75 Å². The van der Waals surface area contributed by atoms with Crippen LogP contribution in [0.2, 0.25) is 0 Å². The standard InChI is InChI=1S/C25H31N3O4S2/c1-3-5-14-28-24(19-33-25(28)26-21-8-10-22(11-9-21)32-4-2)20-6-12-23(13-7-20)34(29,30)27-15-17-31-18-16-27/h6-13,19H,3-5,14-18H2,1-2H3. The first kappa shape index (κ1) is 24.7. The summed E-state index contributed by atoms with van der Waals surface area (Å²) in [4.78, 5) is 6.10. The molecule has 182 valence electrons. The molecule has 0 bridgehead atoms. The number of hydrogen-bond acceptors (Lipinski definition) is 6. The number of thiazole rings is 1. The van der Waals surface area contributed by atoms with Crippen LogP contribution < -0.4 is 9.54 Å². The molecule has 0 N–H and O–H groups in total. The average molecular weight is 502 g/mol. The maximum atomic E-state index is 13.0. The molecule has 1 saturated heterocycles. The van der Waals surface area contributed by atoms with Gasteiger partial charge in [-0.05, 0) is 55.3 Å². The molecule has 0 unspecified atom stereocenters. The van der Waals surface area contributed by atoms with E-state index in [0.717, 1.165) is 46.9 Å². The zero-order valence-corrected chi connectivity index (χ0v) is 21.3. The highest BCUT2D eigenvalue weighted by Gasteiger charge is 2.26. The minimum atomic E-state index is -3.51. The van der Waals surface area contributed by atoms with E-state index in [-0.39, 0.29) is 0 Å². The molecule has 0 amide bonds. The molecule has 0 aliphatic carbocycles. The van der Waals surface area contributed by atoms with E-state index in [0.29, 0.717) is 37.8 Å². The van der Waals surface area contributed by atoms with E-state index in [1.807, 2.05) is 43.3 Å². The highest BCUT2D eigenvalue weighted by molar-refractivity contribution is 7.89. The van der Waals surface area contributed by atoms with E-state index >= 15 is 0 Å². The van der Waals surface area contributed by atoms with Gasteiger partial charge in [0.25, 0.3) is 0 Å². The molecule has 0 spiro atoms. The first-order valence-corrected chi connectivity index (χ1v) is 14.0. The zero-order valence-electron chi connectivity index (χ0n) is 19.6. The molecule has 7 nitrogen and oxygen atoms in total. The normalized spacial score (nSPS) is 15.5. The second kappa shape index (κ2) is 11.3. The Hall–Kier alpha value is -2.46. The molecule has 34 heavy (non-hydrogen) atoms. The first-order valence-electron chi connectivity index (χ1n) is 11.7. The molecule has 0 radical (unpaired) electrons. The molecule has 4 rings (SSSR count). The molecular weight excluding hydrogens is 470 g/mol. The molecule has 9 heteroatoms. The Labute approximate surface area is 205 Å². The smallest absolute Gasteiger partial charge is 0.243 e. The Balaban J connectivity index is 1.64. The summed E-state index contributed by atoms with van der Waals surface area (Å²) in [7, 11) is -3.51. The Kier molecular flexibility index (Phi) is 8.20. The van der Waals surface area contributed by atoms with E-state index in [4.69, 9.17) is 14.5 Å². The monoisotopic (exact) mass is 501 g/mol. The first-order chi connectivity index (χ1) is 16.5. The minimum absolute atomic E-state index is 0.313. The molecule has 3 aromatic rings. The van der Waals surface area contributed by atoms with Crippen LogP contribution in [0.15, 0.2) is 63.8 Å². The summed E-state index contributed by atoms with van der Waals surface area (Å²) in [5.74, 6) is 0.833. The fraction of sp³-hybridized carbons (Fsp3) is 0.400.